The molecule has 0 spiro atoms. The molecule has 80 valence electrons. The average molecular weight is 316 g/mol. The molecule has 0 unspecified atom stereocenters. The van der Waals surface area contributed by atoms with Crippen molar-refractivity contribution < 1.29 is 4.84 Å². The van der Waals surface area contributed by atoms with E-state index in [1.807, 2.05) is 0 Å². The van der Waals surface area contributed by atoms with Crippen LogP contribution in [0.2, 0.25) is 0 Å². The highest BCUT2D eigenvalue weighted by molar-refractivity contribution is 14.1. The van der Waals surface area contributed by atoms with E-state index in [1.165, 1.54) is 3.57 Å². The third-order valence-corrected chi connectivity index (χ3v) is 3.11. The number of benzene rings is 1. The Hall–Kier alpha value is -0.780. The van der Waals surface area contributed by atoms with Gasteiger partial charge in [-0.05, 0) is 41.6 Å². The van der Waals surface area contributed by atoms with Crippen LogP contribution < -0.4 is 0 Å². The van der Waals surface area contributed by atoms with Crippen LogP contribution in [0.25, 0.3) is 0 Å². The maximum absolute atomic E-state index is 5.14. The van der Waals surface area contributed by atoms with Gasteiger partial charge in [0, 0.05) is 15.7 Å². The summed E-state index contributed by atoms with van der Waals surface area (Å²) in [5.74, 6) is 0.945. The second-order valence-corrected chi connectivity index (χ2v) is 4.58. The number of halogens is 1. The molecular formula is C11H13IN2O. The highest BCUT2D eigenvalue weighted by Crippen LogP contribution is 2.12. The highest BCUT2D eigenvalue weighted by Gasteiger charge is 2.16. The van der Waals surface area contributed by atoms with Crippen molar-refractivity contribution in [3.05, 3.63) is 33.4 Å². The third kappa shape index (κ3) is 2.42. The molecule has 0 fully saturated rings. The van der Waals surface area contributed by atoms with Crippen LogP contribution in [0.15, 0.2) is 29.4 Å². The number of hydrogen-bond donors (Lipinski definition) is 0. The van der Waals surface area contributed by atoms with E-state index in [-0.39, 0.29) is 0 Å². The summed E-state index contributed by atoms with van der Waals surface area (Å²) in [6.45, 7) is 4.70. The van der Waals surface area contributed by atoms with Gasteiger partial charge in [-0.2, -0.15) is 0 Å². The minimum absolute atomic E-state index is 0.682. The van der Waals surface area contributed by atoms with Crippen molar-refractivity contribution in [2.24, 2.45) is 5.16 Å². The fraction of sp³-hybridized carbons (Fsp3) is 0.364. The Morgan fingerprint density at radius 3 is 2.80 bits per heavy atom. The van der Waals surface area contributed by atoms with E-state index < -0.39 is 0 Å². The molecule has 0 radical (unpaired) electrons. The summed E-state index contributed by atoms with van der Waals surface area (Å²) in [5, 5.41) is 4.12. The molecule has 0 aromatic heterocycles. The molecule has 0 saturated heterocycles. The topological polar surface area (TPSA) is 24.8 Å². The van der Waals surface area contributed by atoms with Gasteiger partial charge < -0.3 is 9.74 Å². The molecule has 0 N–H and O–H groups in total. The lowest BCUT2D eigenvalue weighted by molar-refractivity contribution is 0.104. The zero-order valence-electron chi connectivity index (χ0n) is 8.61. The van der Waals surface area contributed by atoms with Crippen molar-refractivity contribution in [1.29, 1.82) is 0 Å². The molecule has 1 heterocycles. The van der Waals surface area contributed by atoms with Crippen LogP contribution in [-0.4, -0.2) is 30.4 Å². The summed E-state index contributed by atoms with van der Waals surface area (Å²) in [7, 11) is 0. The van der Waals surface area contributed by atoms with Crippen molar-refractivity contribution in [3.8, 4) is 0 Å². The fourth-order valence-electron chi connectivity index (χ4n) is 1.56. The number of likely N-dealkylation sites (N-methyl/N-ethyl adjacent to an activating group) is 1. The van der Waals surface area contributed by atoms with Crippen LogP contribution in [0.3, 0.4) is 0 Å². The Morgan fingerprint density at radius 1 is 1.40 bits per heavy atom. The summed E-state index contributed by atoms with van der Waals surface area (Å²) in [6, 6.07) is 8.33. The number of oxime groups is 1. The van der Waals surface area contributed by atoms with Gasteiger partial charge in [-0.25, -0.2) is 0 Å². The first-order chi connectivity index (χ1) is 7.31. The Balaban J connectivity index is 2.28. The van der Waals surface area contributed by atoms with Gasteiger partial charge in [0.15, 0.2) is 5.84 Å². The van der Waals surface area contributed by atoms with Gasteiger partial charge in [0.05, 0.1) is 6.54 Å². The lowest BCUT2D eigenvalue weighted by Gasteiger charge is -2.27. The lowest BCUT2D eigenvalue weighted by atomic mass is 10.2. The van der Waals surface area contributed by atoms with E-state index >= 15 is 0 Å². The third-order valence-electron chi connectivity index (χ3n) is 2.39. The molecule has 0 bridgehead atoms. The van der Waals surface area contributed by atoms with E-state index in [9.17, 15) is 0 Å². The average Bonchev–Trinajstić information content (AvgIpc) is 2.30. The minimum atomic E-state index is 0.682. The number of nitrogens with zero attached hydrogens (tertiary/aromatic N) is 2. The maximum atomic E-state index is 5.14. The monoisotopic (exact) mass is 316 g/mol. The molecule has 0 saturated carbocycles. The van der Waals surface area contributed by atoms with Crippen LogP contribution in [-0.2, 0) is 4.84 Å². The first-order valence-corrected chi connectivity index (χ1v) is 6.10. The molecule has 1 aliphatic rings. The molecule has 1 aliphatic heterocycles. The molecule has 0 amide bonds. The summed E-state index contributed by atoms with van der Waals surface area (Å²) in [5.41, 5.74) is 1.12. The predicted molar refractivity (Wildman–Crippen MR) is 68.9 cm³/mol. The molecular weight excluding hydrogens is 303 g/mol. The van der Waals surface area contributed by atoms with E-state index in [1.54, 1.807) is 0 Å². The second kappa shape index (κ2) is 4.83. The standard InChI is InChI=1S/C11H13IN2O/c1-2-14-7-8-15-13-11(14)9-3-5-10(12)6-4-9/h3-6H,2,7-8H2,1H3. The Labute approximate surface area is 103 Å². The molecule has 0 aliphatic carbocycles. The van der Waals surface area contributed by atoms with Crippen LogP contribution in [0.4, 0.5) is 0 Å². The highest BCUT2D eigenvalue weighted by atomic mass is 127. The van der Waals surface area contributed by atoms with E-state index in [4.69, 9.17) is 4.84 Å². The molecule has 2 rings (SSSR count). The number of rotatable bonds is 2. The first-order valence-electron chi connectivity index (χ1n) is 5.02. The fourth-order valence-corrected chi connectivity index (χ4v) is 1.92. The normalized spacial score (nSPS) is 15.9. The molecule has 0 atom stereocenters. The Bertz CT molecular complexity index is 361. The van der Waals surface area contributed by atoms with Gasteiger partial charge in [-0.3, -0.25) is 0 Å². The van der Waals surface area contributed by atoms with Crippen LogP contribution in [0.1, 0.15) is 12.5 Å². The van der Waals surface area contributed by atoms with Gasteiger partial charge >= 0.3 is 0 Å². The smallest absolute Gasteiger partial charge is 0.175 e. The number of hydrogen-bond acceptors (Lipinski definition) is 3. The Morgan fingerprint density at radius 2 is 2.13 bits per heavy atom. The summed E-state index contributed by atoms with van der Waals surface area (Å²) in [6.07, 6.45) is 0. The van der Waals surface area contributed by atoms with Crippen molar-refractivity contribution >= 4 is 28.4 Å². The first kappa shape index (κ1) is 10.7. The zero-order valence-corrected chi connectivity index (χ0v) is 10.8. The van der Waals surface area contributed by atoms with Gasteiger partial charge in [0.2, 0.25) is 0 Å². The lowest BCUT2D eigenvalue weighted by Crippen LogP contribution is -2.37. The van der Waals surface area contributed by atoms with Crippen LogP contribution >= 0.6 is 22.6 Å². The predicted octanol–water partition coefficient (Wildman–Crippen LogP) is 2.30. The van der Waals surface area contributed by atoms with E-state index in [0.717, 1.165) is 24.5 Å². The molecule has 1 aromatic carbocycles. The largest absolute Gasteiger partial charge is 0.392 e. The van der Waals surface area contributed by atoms with Gasteiger partial charge in [-0.1, -0.05) is 17.3 Å². The van der Waals surface area contributed by atoms with Crippen molar-refractivity contribution in [2.75, 3.05) is 19.7 Å². The molecule has 1 aromatic rings. The Kier molecular flexibility index (Phi) is 3.45. The summed E-state index contributed by atoms with van der Waals surface area (Å²) < 4.78 is 1.23. The zero-order chi connectivity index (χ0) is 10.7. The van der Waals surface area contributed by atoms with Crippen LogP contribution in [0, 0.1) is 3.57 Å². The van der Waals surface area contributed by atoms with E-state index in [2.05, 4.69) is 63.8 Å². The van der Waals surface area contributed by atoms with Gasteiger partial charge in [0.25, 0.3) is 0 Å². The van der Waals surface area contributed by atoms with Crippen LogP contribution in [0.5, 0.6) is 0 Å². The van der Waals surface area contributed by atoms with E-state index in [0.29, 0.717) is 6.61 Å². The summed E-state index contributed by atoms with van der Waals surface area (Å²) >= 11 is 2.30. The minimum Gasteiger partial charge on any atom is -0.392 e. The van der Waals surface area contributed by atoms with Crippen molar-refractivity contribution in [1.82, 2.24) is 4.90 Å². The molecule has 15 heavy (non-hydrogen) atoms. The van der Waals surface area contributed by atoms with Crippen molar-refractivity contribution in [3.63, 3.8) is 0 Å². The SMILES string of the molecule is CCN1CCON=C1c1ccc(I)cc1. The van der Waals surface area contributed by atoms with Gasteiger partial charge in [-0.15, -0.1) is 0 Å². The quantitative estimate of drug-likeness (QED) is 0.782. The number of amidine groups is 1. The molecule has 3 nitrogen and oxygen atoms in total. The summed E-state index contributed by atoms with van der Waals surface area (Å²) in [4.78, 5) is 7.37. The van der Waals surface area contributed by atoms with Gasteiger partial charge in [0.1, 0.15) is 6.61 Å². The second-order valence-electron chi connectivity index (χ2n) is 3.33. The maximum Gasteiger partial charge on any atom is 0.175 e. The molecule has 4 heteroatoms. The van der Waals surface area contributed by atoms with Crippen molar-refractivity contribution in [2.45, 2.75) is 6.92 Å².